The molecule has 1 heterocycles. The molecule has 0 aromatic heterocycles. The van der Waals surface area contributed by atoms with Crippen molar-refractivity contribution in [1.29, 1.82) is 0 Å². The molecule has 3 aliphatic rings. The number of rotatable bonds is 3. The molecule has 0 aromatic rings. The summed E-state index contributed by atoms with van der Waals surface area (Å²) in [4.78, 5) is 25.7. The number of likely N-dealkylation sites (tertiary alicyclic amines) is 1. The average molecular weight is 237 g/mol. The number of hydrogen-bond donors (Lipinski definition) is 1. The Labute approximate surface area is 100 Å². The lowest BCUT2D eigenvalue weighted by Crippen LogP contribution is -2.33. The van der Waals surface area contributed by atoms with Gasteiger partial charge in [-0.05, 0) is 30.4 Å². The summed E-state index contributed by atoms with van der Waals surface area (Å²) in [5.41, 5.74) is 0. The maximum absolute atomic E-state index is 12.1. The van der Waals surface area contributed by atoms with E-state index in [1.165, 1.54) is 4.90 Å². The van der Waals surface area contributed by atoms with Gasteiger partial charge in [0.05, 0.1) is 11.8 Å². The Morgan fingerprint density at radius 1 is 1.19 bits per heavy atom. The Morgan fingerprint density at radius 3 is 2.25 bits per heavy atom. The molecule has 4 heteroatoms. The standard InChI is InChI=1S/C12H15NO2S/c14-11-9-7-2-3-8(6-7)10(9)12(15)13(11)4-1-5-16/h2-3,7-10,16H,1,4-6H2. The molecule has 1 aliphatic heterocycles. The van der Waals surface area contributed by atoms with Crippen LogP contribution in [0.2, 0.25) is 0 Å². The first-order valence-corrected chi connectivity index (χ1v) is 6.51. The van der Waals surface area contributed by atoms with E-state index < -0.39 is 0 Å². The third-order valence-corrected chi connectivity index (χ3v) is 4.42. The van der Waals surface area contributed by atoms with Crippen LogP contribution in [0.25, 0.3) is 0 Å². The summed E-state index contributed by atoms with van der Waals surface area (Å²) in [5, 5.41) is 0. The first-order chi connectivity index (χ1) is 7.74. The molecule has 0 spiro atoms. The number of hydrogen-bond acceptors (Lipinski definition) is 3. The third-order valence-electron chi connectivity index (χ3n) is 4.10. The number of carbonyl (C=O) groups is 2. The van der Waals surface area contributed by atoms with Crippen LogP contribution in [-0.4, -0.2) is 29.0 Å². The minimum Gasteiger partial charge on any atom is -0.282 e. The lowest BCUT2D eigenvalue weighted by molar-refractivity contribution is -0.140. The predicted octanol–water partition coefficient (Wildman–Crippen LogP) is 1.11. The van der Waals surface area contributed by atoms with Gasteiger partial charge in [0.25, 0.3) is 0 Å². The fourth-order valence-electron chi connectivity index (χ4n) is 3.41. The highest BCUT2D eigenvalue weighted by atomic mass is 32.1. The van der Waals surface area contributed by atoms with Gasteiger partial charge in [-0.2, -0.15) is 12.6 Å². The van der Waals surface area contributed by atoms with Crippen molar-refractivity contribution in [3.05, 3.63) is 12.2 Å². The summed E-state index contributed by atoms with van der Waals surface area (Å²) in [5.74, 6) is 1.42. The lowest BCUT2D eigenvalue weighted by atomic mass is 9.85. The van der Waals surface area contributed by atoms with Gasteiger partial charge in [-0.1, -0.05) is 12.2 Å². The Bertz CT molecular complexity index is 349. The van der Waals surface area contributed by atoms with E-state index in [-0.39, 0.29) is 23.7 Å². The molecule has 1 saturated carbocycles. The van der Waals surface area contributed by atoms with Crippen LogP contribution in [0.3, 0.4) is 0 Å². The molecule has 2 bridgehead atoms. The van der Waals surface area contributed by atoms with Gasteiger partial charge in [-0.15, -0.1) is 0 Å². The molecule has 86 valence electrons. The Kier molecular flexibility index (Phi) is 2.35. The topological polar surface area (TPSA) is 37.4 Å². The van der Waals surface area contributed by atoms with Crippen molar-refractivity contribution in [2.75, 3.05) is 12.3 Å². The number of thiol groups is 1. The van der Waals surface area contributed by atoms with Gasteiger partial charge >= 0.3 is 0 Å². The molecule has 2 amide bonds. The van der Waals surface area contributed by atoms with E-state index in [2.05, 4.69) is 24.8 Å². The van der Waals surface area contributed by atoms with Crippen LogP contribution in [0.5, 0.6) is 0 Å². The largest absolute Gasteiger partial charge is 0.282 e. The van der Waals surface area contributed by atoms with Crippen LogP contribution in [0.15, 0.2) is 12.2 Å². The summed E-state index contributed by atoms with van der Waals surface area (Å²) >= 11 is 4.12. The van der Waals surface area contributed by atoms with E-state index in [9.17, 15) is 9.59 Å². The van der Waals surface area contributed by atoms with Crippen LogP contribution < -0.4 is 0 Å². The van der Waals surface area contributed by atoms with Crippen molar-refractivity contribution in [2.24, 2.45) is 23.7 Å². The SMILES string of the molecule is O=C1C2C3C=CC(C3)C2C(=O)N1CCCS. The van der Waals surface area contributed by atoms with Gasteiger partial charge in [-0.3, -0.25) is 14.5 Å². The number of nitrogens with zero attached hydrogens (tertiary/aromatic N) is 1. The van der Waals surface area contributed by atoms with Crippen LogP contribution in [0.4, 0.5) is 0 Å². The lowest BCUT2D eigenvalue weighted by Gasteiger charge is -2.16. The van der Waals surface area contributed by atoms with Crippen LogP contribution in [-0.2, 0) is 9.59 Å². The minimum atomic E-state index is -0.0394. The van der Waals surface area contributed by atoms with Gasteiger partial charge in [0.1, 0.15) is 0 Å². The molecule has 4 atom stereocenters. The highest BCUT2D eigenvalue weighted by Crippen LogP contribution is 2.52. The summed E-state index contributed by atoms with van der Waals surface area (Å²) in [6, 6.07) is 0. The second-order valence-electron chi connectivity index (χ2n) is 4.91. The van der Waals surface area contributed by atoms with Gasteiger partial charge in [0.15, 0.2) is 0 Å². The molecule has 2 fully saturated rings. The van der Waals surface area contributed by atoms with Crippen molar-refractivity contribution in [3.63, 3.8) is 0 Å². The zero-order valence-electron chi connectivity index (χ0n) is 9.00. The summed E-state index contributed by atoms with van der Waals surface area (Å²) < 4.78 is 0. The fourth-order valence-corrected chi connectivity index (χ4v) is 3.55. The molecular weight excluding hydrogens is 222 g/mol. The zero-order valence-corrected chi connectivity index (χ0v) is 9.90. The quantitative estimate of drug-likeness (QED) is 0.453. The number of amides is 2. The zero-order chi connectivity index (χ0) is 11.3. The van der Waals surface area contributed by atoms with Crippen molar-refractivity contribution in [2.45, 2.75) is 12.8 Å². The van der Waals surface area contributed by atoms with Crippen molar-refractivity contribution in [1.82, 2.24) is 4.90 Å². The van der Waals surface area contributed by atoms with Crippen LogP contribution in [0, 0.1) is 23.7 Å². The minimum absolute atomic E-state index is 0.0394. The first kappa shape index (κ1) is 10.4. The van der Waals surface area contributed by atoms with Crippen molar-refractivity contribution < 1.29 is 9.59 Å². The van der Waals surface area contributed by atoms with Gasteiger partial charge in [0, 0.05) is 6.54 Å². The number of fused-ring (bicyclic) bond motifs is 5. The summed E-state index contributed by atoms with van der Waals surface area (Å²) in [6.07, 6.45) is 6.05. The summed E-state index contributed by atoms with van der Waals surface area (Å²) in [6.45, 7) is 0.549. The second-order valence-corrected chi connectivity index (χ2v) is 5.35. The third kappa shape index (κ3) is 1.22. The van der Waals surface area contributed by atoms with Crippen LogP contribution >= 0.6 is 12.6 Å². The summed E-state index contributed by atoms with van der Waals surface area (Å²) in [7, 11) is 0. The van der Waals surface area contributed by atoms with E-state index >= 15 is 0 Å². The number of imide groups is 1. The molecule has 2 aliphatic carbocycles. The monoisotopic (exact) mass is 237 g/mol. The molecule has 16 heavy (non-hydrogen) atoms. The Hall–Kier alpha value is -0.770. The van der Waals surface area contributed by atoms with Crippen molar-refractivity contribution >= 4 is 24.4 Å². The fraction of sp³-hybridized carbons (Fsp3) is 0.667. The van der Waals surface area contributed by atoms with E-state index in [4.69, 9.17) is 0 Å². The molecule has 1 saturated heterocycles. The number of carbonyl (C=O) groups excluding carboxylic acids is 2. The molecule has 3 rings (SSSR count). The van der Waals surface area contributed by atoms with E-state index in [0.717, 1.165) is 18.6 Å². The molecule has 4 unspecified atom stereocenters. The second kappa shape index (κ2) is 3.62. The molecule has 0 radical (unpaired) electrons. The van der Waals surface area contributed by atoms with E-state index in [0.29, 0.717) is 18.4 Å². The predicted molar refractivity (Wildman–Crippen MR) is 62.9 cm³/mol. The Balaban J connectivity index is 1.83. The van der Waals surface area contributed by atoms with Gasteiger partial charge < -0.3 is 0 Å². The number of allylic oxidation sites excluding steroid dienone is 2. The van der Waals surface area contributed by atoms with Crippen LogP contribution in [0.1, 0.15) is 12.8 Å². The molecule has 0 N–H and O–H groups in total. The maximum atomic E-state index is 12.1. The smallest absolute Gasteiger partial charge is 0.233 e. The first-order valence-electron chi connectivity index (χ1n) is 5.88. The van der Waals surface area contributed by atoms with E-state index in [1.807, 2.05) is 0 Å². The van der Waals surface area contributed by atoms with Gasteiger partial charge in [-0.25, -0.2) is 0 Å². The maximum Gasteiger partial charge on any atom is 0.233 e. The van der Waals surface area contributed by atoms with Crippen molar-refractivity contribution in [3.8, 4) is 0 Å². The highest BCUT2D eigenvalue weighted by molar-refractivity contribution is 7.80. The highest BCUT2D eigenvalue weighted by Gasteiger charge is 2.58. The molecule has 0 aromatic carbocycles. The average Bonchev–Trinajstić information content (AvgIpc) is 2.92. The normalized spacial score (nSPS) is 39.9. The molecule has 3 nitrogen and oxygen atoms in total. The molecular formula is C12H15NO2S. The Morgan fingerprint density at radius 2 is 1.75 bits per heavy atom. The van der Waals surface area contributed by atoms with E-state index in [1.54, 1.807) is 0 Å². The van der Waals surface area contributed by atoms with Gasteiger partial charge in [0.2, 0.25) is 11.8 Å².